The quantitative estimate of drug-likeness (QED) is 0.785. The number of halogens is 1. The van der Waals surface area contributed by atoms with Crippen LogP contribution in [0.2, 0.25) is 0 Å². The van der Waals surface area contributed by atoms with Gasteiger partial charge in [0.25, 0.3) is 0 Å². The zero-order chi connectivity index (χ0) is 13.1. The minimum Gasteiger partial charge on any atom is -0.292 e. The molecule has 96 valence electrons. The van der Waals surface area contributed by atoms with Gasteiger partial charge in [0.15, 0.2) is 5.78 Å². The molecule has 18 heavy (non-hydrogen) atoms. The van der Waals surface area contributed by atoms with Crippen molar-refractivity contribution in [3.63, 3.8) is 0 Å². The second-order valence-electron chi connectivity index (χ2n) is 3.98. The van der Waals surface area contributed by atoms with Gasteiger partial charge < -0.3 is 0 Å². The zero-order valence-electron chi connectivity index (χ0n) is 10.4. The predicted octanol–water partition coefficient (Wildman–Crippen LogP) is 3.71. The first-order chi connectivity index (χ1) is 8.65. The van der Waals surface area contributed by atoms with Gasteiger partial charge in [-0.3, -0.25) is 9.48 Å². The Kier molecular flexibility index (Phi) is 4.35. The number of aryl methyl sites for hydroxylation is 2. The van der Waals surface area contributed by atoms with E-state index in [4.69, 9.17) is 0 Å². The molecule has 0 N–H and O–H groups in total. The molecule has 2 rings (SSSR count). The molecule has 0 aliphatic heterocycles. The van der Waals surface area contributed by atoms with E-state index in [2.05, 4.69) is 21.0 Å². The topological polar surface area (TPSA) is 34.9 Å². The van der Waals surface area contributed by atoms with Gasteiger partial charge in [0.05, 0.1) is 5.69 Å². The van der Waals surface area contributed by atoms with Crippen LogP contribution in [0.4, 0.5) is 0 Å². The predicted molar refractivity (Wildman–Crippen MR) is 77.3 cm³/mol. The maximum absolute atomic E-state index is 12.3. The number of rotatable bonds is 5. The van der Waals surface area contributed by atoms with Crippen molar-refractivity contribution >= 4 is 33.0 Å². The summed E-state index contributed by atoms with van der Waals surface area (Å²) < 4.78 is 2.81. The summed E-state index contributed by atoms with van der Waals surface area (Å²) in [7, 11) is 0. The molecule has 2 aromatic heterocycles. The molecule has 0 aliphatic rings. The molecule has 0 fully saturated rings. The summed E-state index contributed by atoms with van der Waals surface area (Å²) in [5, 5.41) is 6.39. The maximum atomic E-state index is 12.3. The number of hydrogen-bond donors (Lipinski definition) is 0. The van der Waals surface area contributed by atoms with Crippen molar-refractivity contribution in [2.45, 2.75) is 33.2 Å². The number of hydrogen-bond acceptors (Lipinski definition) is 3. The fourth-order valence-electron chi connectivity index (χ4n) is 1.80. The SMILES string of the molecule is CCc1cc(C(=O)Cc2sccc2Br)n(CC)n1. The smallest absolute Gasteiger partial charge is 0.186 e. The van der Waals surface area contributed by atoms with Gasteiger partial charge in [-0.2, -0.15) is 5.10 Å². The van der Waals surface area contributed by atoms with Crippen LogP contribution in [0.3, 0.4) is 0 Å². The van der Waals surface area contributed by atoms with Gasteiger partial charge in [0.2, 0.25) is 0 Å². The molecular formula is C13H15BrN2OS. The lowest BCUT2D eigenvalue weighted by atomic mass is 10.1. The molecule has 0 spiro atoms. The van der Waals surface area contributed by atoms with Crippen LogP contribution in [-0.2, 0) is 19.4 Å². The van der Waals surface area contributed by atoms with Crippen molar-refractivity contribution in [3.05, 3.63) is 38.3 Å². The Morgan fingerprint density at radius 3 is 2.83 bits per heavy atom. The number of thiophene rings is 1. The van der Waals surface area contributed by atoms with Gasteiger partial charge >= 0.3 is 0 Å². The number of carbonyl (C=O) groups is 1. The van der Waals surface area contributed by atoms with E-state index in [9.17, 15) is 4.79 Å². The summed E-state index contributed by atoms with van der Waals surface area (Å²) >= 11 is 5.06. The lowest BCUT2D eigenvalue weighted by molar-refractivity contribution is 0.0983. The summed E-state index contributed by atoms with van der Waals surface area (Å²) in [6.45, 7) is 4.78. The van der Waals surface area contributed by atoms with Crippen molar-refractivity contribution < 1.29 is 4.79 Å². The van der Waals surface area contributed by atoms with Crippen LogP contribution in [0.15, 0.2) is 22.0 Å². The molecule has 0 atom stereocenters. The Hall–Kier alpha value is -0.940. The Balaban J connectivity index is 2.23. The van der Waals surface area contributed by atoms with Gasteiger partial charge in [-0.15, -0.1) is 11.3 Å². The van der Waals surface area contributed by atoms with Crippen molar-refractivity contribution in [1.29, 1.82) is 0 Å². The first-order valence-electron chi connectivity index (χ1n) is 5.97. The average Bonchev–Trinajstić information content (AvgIpc) is 2.96. The van der Waals surface area contributed by atoms with E-state index in [1.807, 2.05) is 31.4 Å². The second-order valence-corrected chi connectivity index (χ2v) is 5.84. The Morgan fingerprint density at radius 1 is 1.50 bits per heavy atom. The van der Waals surface area contributed by atoms with Crippen LogP contribution in [0.5, 0.6) is 0 Å². The Morgan fingerprint density at radius 2 is 2.28 bits per heavy atom. The number of ketones is 1. The first-order valence-corrected chi connectivity index (χ1v) is 7.64. The lowest BCUT2D eigenvalue weighted by Crippen LogP contribution is -2.11. The van der Waals surface area contributed by atoms with E-state index in [1.54, 1.807) is 16.0 Å². The third-order valence-electron chi connectivity index (χ3n) is 2.79. The van der Waals surface area contributed by atoms with Crippen LogP contribution in [-0.4, -0.2) is 15.6 Å². The zero-order valence-corrected chi connectivity index (χ0v) is 12.8. The van der Waals surface area contributed by atoms with Crippen LogP contribution >= 0.6 is 27.3 Å². The third kappa shape index (κ3) is 2.72. The van der Waals surface area contributed by atoms with E-state index in [1.165, 1.54) is 0 Å². The second kappa shape index (κ2) is 5.80. The summed E-state index contributed by atoms with van der Waals surface area (Å²) in [6, 6.07) is 3.88. The first kappa shape index (κ1) is 13.5. The maximum Gasteiger partial charge on any atom is 0.186 e. The highest BCUT2D eigenvalue weighted by molar-refractivity contribution is 9.10. The molecule has 5 heteroatoms. The molecule has 0 amide bonds. The minimum atomic E-state index is 0.132. The molecule has 0 saturated heterocycles. The molecule has 0 unspecified atom stereocenters. The highest BCUT2D eigenvalue weighted by atomic mass is 79.9. The standard InChI is InChI=1S/C13H15BrN2OS/c1-3-9-7-11(16(4-2)15-9)12(17)8-13-10(14)5-6-18-13/h5-7H,3-4,8H2,1-2H3. The van der Waals surface area contributed by atoms with Gasteiger partial charge in [-0.05, 0) is 46.8 Å². The Labute approximate surface area is 119 Å². The van der Waals surface area contributed by atoms with E-state index in [0.717, 1.165) is 33.7 Å². The van der Waals surface area contributed by atoms with E-state index in [-0.39, 0.29) is 5.78 Å². The largest absolute Gasteiger partial charge is 0.292 e. The van der Waals surface area contributed by atoms with Gasteiger partial charge in [0, 0.05) is 22.3 Å². The number of Topliss-reactive ketones (excluding diaryl/α,β-unsaturated/α-hetero) is 1. The van der Waals surface area contributed by atoms with Crippen molar-refractivity contribution in [3.8, 4) is 0 Å². The molecular weight excluding hydrogens is 312 g/mol. The lowest BCUT2D eigenvalue weighted by Gasteiger charge is -2.02. The van der Waals surface area contributed by atoms with Crippen LogP contribution < -0.4 is 0 Å². The highest BCUT2D eigenvalue weighted by Gasteiger charge is 2.16. The monoisotopic (exact) mass is 326 g/mol. The summed E-state index contributed by atoms with van der Waals surface area (Å²) in [6.07, 6.45) is 1.29. The van der Waals surface area contributed by atoms with Crippen LogP contribution in [0, 0.1) is 0 Å². The summed E-state index contributed by atoms with van der Waals surface area (Å²) in [5.74, 6) is 0.132. The molecule has 0 aromatic carbocycles. The van der Waals surface area contributed by atoms with E-state index < -0.39 is 0 Å². The number of nitrogens with zero attached hydrogens (tertiary/aromatic N) is 2. The van der Waals surface area contributed by atoms with Gasteiger partial charge in [0.1, 0.15) is 5.69 Å². The molecule has 0 radical (unpaired) electrons. The van der Waals surface area contributed by atoms with Crippen molar-refractivity contribution in [2.24, 2.45) is 0 Å². The molecule has 3 nitrogen and oxygen atoms in total. The van der Waals surface area contributed by atoms with E-state index >= 15 is 0 Å². The minimum absolute atomic E-state index is 0.132. The van der Waals surface area contributed by atoms with Gasteiger partial charge in [-0.25, -0.2) is 0 Å². The van der Waals surface area contributed by atoms with Gasteiger partial charge in [-0.1, -0.05) is 6.92 Å². The fourth-order valence-corrected chi connectivity index (χ4v) is 3.29. The third-order valence-corrected chi connectivity index (χ3v) is 4.72. The summed E-state index contributed by atoms with van der Waals surface area (Å²) in [5.41, 5.74) is 1.69. The van der Waals surface area contributed by atoms with Crippen LogP contribution in [0.1, 0.15) is 34.9 Å². The van der Waals surface area contributed by atoms with E-state index in [0.29, 0.717) is 6.42 Å². The average molecular weight is 327 g/mol. The number of carbonyl (C=O) groups excluding carboxylic acids is 1. The summed E-state index contributed by atoms with van der Waals surface area (Å²) in [4.78, 5) is 13.4. The number of aromatic nitrogens is 2. The molecule has 2 aromatic rings. The van der Waals surface area contributed by atoms with Crippen LogP contribution in [0.25, 0.3) is 0 Å². The molecule has 0 saturated carbocycles. The van der Waals surface area contributed by atoms with Crippen molar-refractivity contribution in [2.75, 3.05) is 0 Å². The normalized spacial score (nSPS) is 10.8. The molecule has 2 heterocycles. The van der Waals surface area contributed by atoms with Crippen molar-refractivity contribution in [1.82, 2.24) is 9.78 Å². The fraction of sp³-hybridized carbons (Fsp3) is 0.385. The molecule has 0 aliphatic carbocycles. The highest BCUT2D eigenvalue weighted by Crippen LogP contribution is 2.24. The Bertz CT molecular complexity index is 559. The molecule has 0 bridgehead atoms.